The lowest BCUT2D eigenvalue weighted by Crippen LogP contribution is -2.29. The van der Waals surface area contributed by atoms with Crippen molar-refractivity contribution < 1.29 is 19.1 Å². The number of carbonyl (C=O) groups is 3. The fourth-order valence-corrected chi connectivity index (χ4v) is 1.99. The third-order valence-corrected chi connectivity index (χ3v) is 3.16. The second kappa shape index (κ2) is 7.92. The SMILES string of the molecule is CCOc1ccc(NC(=O)C(=O)Nc2cccc(C(C)=O)c2)cc1. The van der Waals surface area contributed by atoms with Crippen LogP contribution in [0.4, 0.5) is 11.4 Å². The third-order valence-electron chi connectivity index (χ3n) is 3.16. The number of benzene rings is 2. The Morgan fingerprint density at radius 2 is 1.54 bits per heavy atom. The van der Waals surface area contributed by atoms with Crippen molar-refractivity contribution in [1.29, 1.82) is 0 Å². The van der Waals surface area contributed by atoms with Crippen molar-refractivity contribution in [1.82, 2.24) is 0 Å². The summed E-state index contributed by atoms with van der Waals surface area (Å²) in [4.78, 5) is 35.2. The van der Waals surface area contributed by atoms with Crippen molar-refractivity contribution in [2.24, 2.45) is 0 Å². The summed E-state index contributed by atoms with van der Waals surface area (Å²) in [5, 5.41) is 4.96. The van der Waals surface area contributed by atoms with Crippen molar-refractivity contribution in [3.63, 3.8) is 0 Å². The molecule has 0 aromatic heterocycles. The Balaban J connectivity index is 1.98. The molecule has 6 heteroatoms. The van der Waals surface area contributed by atoms with Gasteiger partial charge in [0.15, 0.2) is 5.78 Å². The maximum absolute atomic E-state index is 11.9. The van der Waals surface area contributed by atoms with E-state index in [9.17, 15) is 14.4 Å². The first kappa shape index (κ1) is 17.2. The van der Waals surface area contributed by atoms with Gasteiger partial charge >= 0.3 is 11.8 Å². The number of ketones is 1. The van der Waals surface area contributed by atoms with Gasteiger partial charge in [-0.3, -0.25) is 14.4 Å². The van der Waals surface area contributed by atoms with Crippen molar-refractivity contribution in [2.45, 2.75) is 13.8 Å². The van der Waals surface area contributed by atoms with Gasteiger partial charge in [0.2, 0.25) is 0 Å². The van der Waals surface area contributed by atoms with Gasteiger partial charge in [0.25, 0.3) is 0 Å². The average Bonchev–Trinajstić information content (AvgIpc) is 2.57. The number of nitrogens with one attached hydrogen (secondary N) is 2. The van der Waals surface area contributed by atoms with Crippen LogP contribution in [0.25, 0.3) is 0 Å². The van der Waals surface area contributed by atoms with E-state index in [0.29, 0.717) is 29.3 Å². The molecule has 0 fully saturated rings. The van der Waals surface area contributed by atoms with Crippen molar-refractivity contribution >= 4 is 29.0 Å². The number of anilines is 2. The maximum atomic E-state index is 11.9. The van der Waals surface area contributed by atoms with E-state index >= 15 is 0 Å². The summed E-state index contributed by atoms with van der Waals surface area (Å²) in [5.41, 5.74) is 1.32. The van der Waals surface area contributed by atoms with E-state index in [-0.39, 0.29) is 5.78 Å². The van der Waals surface area contributed by atoms with Crippen LogP contribution in [0.15, 0.2) is 48.5 Å². The molecule has 0 atom stereocenters. The average molecular weight is 326 g/mol. The molecule has 0 heterocycles. The molecular weight excluding hydrogens is 308 g/mol. The van der Waals surface area contributed by atoms with Crippen LogP contribution in [0, 0.1) is 0 Å². The monoisotopic (exact) mass is 326 g/mol. The van der Waals surface area contributed by atoms with Crippen molar-refractivity contribution in [2.75, 3.05) is 17.2 Å². The summed E-state index contributed by atoms with van der Waals surface area (Å²) in [6, 6.07) is 13.1. The minimum Gasteiger partial charge on any atom is -0.494 e. The van der Waals surface area contributed by atoms with Gasteiger partial charge in [-0.25, -0.2) is 0 Å². The predicted molar refractivity (Wildman–Crippen MR) is 91.3 cm³/mol. The molecule has 0 aliphatic heterocycles. The van der Waals surface area contributed by atoms with E-state index in [1.54, 1.807) is 42.5 Å². The molecule has 2 amide bonds. The molecule has 0 saturated carbocycles. The van der Waals surface area contributed by atoms with Gasteiger partial charge in [0.1, 0.15) is 5.75 Å². The van der Waals surface area contributed by atoms with Crippen molar-refractivity contribution in [3.05, 3.63) is 54.1 Å². The van der Waals surface area contributed by atoms with E-state index in [1.165, 1.54) is 13.0 Å². The Morgan fingerprint density at radius 3 is 2.12 bits per heavy atom. The smallest absolute Gasteiger partial charge is 0.314 e. The first-order chi connectivity index (χ1) is 11.5. The van der Waals surface area contributed by atoms with Gasteiger partial charge in [-0.1, -0.05) is 12.1 Å². The third kappa shape index (κ3) is 4.67. The fraction of sp³-hybridized carbons (Fsp3) is 0.167. The van der Waals surface area contributed by atoms with Gasteiger partial charge < -0.3 is 15.4 Å². The molecule has 0 aliphatic rings. The highest BCUT2D eigenvalue weighted by Crippen LogP contribution is 2.16. The molecule has 0 unspecified atom stereocenters. The van der Waals surface area contributed by atoms with Gasteiger partial charge in [0.05, 0.1) is 6.61 Å². The zero-order chi connectivity index (χ0) is 17.5. The second-order valence-electron chi connectivity index (χ2n) is 5.00. The first-order valence-corrected chi connectivity index (χ1v) is 7.46. The molecule has 0 bridgehead atoms. The van der Waals surface area contributed by atoms with Crippen LogP contribution >= 0.6 is 0 Å². The zero-order valence-electron chi connectivity index (χ0n) is 13.5. The van der Waals surface area contributed by atoms with Crippen LogP contribution in [-0.2, 0) is 9.59 Å². The lowest BCUT2D eigenvalue weighted by atomic mass is 10.1. The Labute approximate surface area is 139 Å². The van der Waals surface area contributed by atoms with Crippen LogP contribution in [0.2, 0.25) is 0 Å². The predicted octanol–water partition coefficient (Wildman–Crippen LogP) is 2.87. The summed E-state index contributed by atoms with van der Waals surface area (Å²) in [7, 11) is 0. The molecule has 2 rings (SSSR count). The Bertz CT molecular complexity index is 754. The standard InChI is InChI=1S/C18H18N2O4/c1-3-24-16-9-7-14(8-10-16)19-17(22)18(23)20-15-6-4-5-13(11-15)12(2)21/h4-11H,3H2,1-2H3,(H,19,22)(H,20,23). The second-order valence-corrected chi connectivity index (χ2v) is 5.00. The highest BCUT2D eigenvalue weighted by molar-refractivity contribution is 6.43. The lowest BCUT2D eigenvalue weighted by molar-refractivity contribution is -0.132. The van der Waals surface area contributed by atoms with Gasteiger partial charge in [0, 0.05) is 16.9 Å². The minimum atomic E-state index is -0.815. The summed E-state index contributed by atoms with van der Waals surface area (Å²) < 4.78 is 5.30. The largest absolute Gasteiger partial charge is 0.494 e. The highest BCUT2D eigenvalue weighted by atomic mass is 16.5. The number of amides is 2. The van der Waals surface area contributed by atoms with Crippen LogP contribution in [-0.4, -0.2) is 24.2 Å². The van der Waals surface area contributed by atoms with Gasteiger partial charge in [-0.2, -0.15) is 0 Å². The molecule has 124 valence electrons. The number of carbonyl (C=O) groups excluding carboxylic acids is 3. The van der Waals surface area contributed by atoms with Crippen LogP contribution in [0.5, 0.6) is 5.75 Å². The van der Waals surface area contributed by atoms with Crippen LogP contribution < -0.4 is 15.4 Å². The number of Topliss-reactive ketones (excluding diaryl/α,β-unsaturated/α-hetero) is 1. The molecular formula is C18H18N2O4. The first-order valence-electron chi connectivity index (χ1n) is 7.46. The molecule has 0 aliphatic carbocycles. The molecule has 0 radical (unpaired) electrons. The molecule has 6 nitrogen and oxygen atoms in total. The number of ether oxygens (including phenoxy) is 1. The van der Waals surface area contributed by atoms with Crippen molar-refractivity contribution in [3.8, 4) is 5.75 Å². The normalized spacial score (nSPS) is 9.92. The van der Waals surface area contributed by atoms with E-state index in [0.717, 1.165) is 0 Å². The van der Waals surface area contributed by atoms with Crippen LogP contribution in [0.1, 0.15) is 24.2 Å². The molecule has 2 aromatic rings. The summed E-state index contributed by atoms with van der Waals surface area (Å²) in [6.45, 7) is 3.86. The Morgan fingerprint density at radius 1 is 0.917 bits per heavy atom. The van der Waals surface area contributed by atoms with E-state index < -0.39 is 11.8 Å². The Hall–Kier alpha value is -3.15. The minimum absolute atomic E-state index is 0.120. The molecule has 0 saturated heterocycles. The summed E-state index contributed by atoms with van der Waals surface area (Å²) in [6.07, 6.45) is 0. The molecule has 0 spiro atoms. The quantitative estimate of drug-likeness (QED) is 0.653. The maximum Gasteiger partial charge on any atom is 0.314 e. The van der Waals surface area contributed by atoms with Gasteiger partial charge in [-0.05, 0) is 50.2 Å². The summed E-state index contributed by atoms with van der Waals surface area (Å²) >= 11 is 0. The highest BCUT2D eigenvalue weighted by Gasteiger charge is 2.14. The lowest BCUT2D eigenvalue weighted by Gasteiger charge is -2.08. The van der Waals surface area contributed by atoms with E-state index in [2.05, 4.69) is 10.6 Å². The van der Waals surface area contributed by atoms with Gasteiger partial charge in [-0.15, -0.1) is 0 Å². The fourth-order valence-electron chi connectivity index (χ4n) is 1.99. The molecule has 24 heavy (non-hydrogen) atoms. The molecule has 2 N–H and O–H groups in total. The Kier molecular flexibility index (Phi) is 5.68. The number of hydrogen-bond acceptors (Lipinski definition) is 4. The molecule has 2 aromatic carbocycles. The number of hydrogen-bond donors (Lipinski definition) is 2. The zero-order valence-corrected chi connectivity index (χ0v) is 13.5. The van der Waals surface area contributed by atoms with E-state index in [1.807, 2.05) is 6.92 Å². The van der Waals surface area contributed by atoms with E-state index in [4.69, 9.17) is 4.74 Å². The number of rotatable bonds is 5. The summed E-state index contributed by atoms with van der Waals surface area (Å²) in [5.74, 6) is -1.05. The van der Waals surface area contributed by atoms with Crippen LogP contribution in [0.3, 0.4) is 0 Å². The topological polar surface area (TPSA) is 84.5 Å².